The number of piperidine rings is 1. The fraction of sp³-hybridized carbons (Fsp3) is 0.458. The molecule has 2 fully saturated rings. The van der Waals surface area contributed by atoms with Crippen LogP contribution in [0.25, 0.3) is 11.1 Å². The highest BCUT2D eigenvalue weighted by Crippen LogP contribution is 2.31. The van der Waals surface area contributed by atoms with Gasteiger partial charge in [0.1, 0.15) is 0 Å². The summed E-state index contributed by atoms with van der Waals surface area (Å²) in [6.45, 7) is 3.49. The Labute approximate surface area is 175 Å². The van der Waals surface area contributed by atoms with E-state index >= 15 is 0 Å². The minimum atomic E-state index is 0. The van der Waals surface area contributed by atoms with Crippen LogP contribution < -0.4 is 0 Å². The molecule has 0 bridgehead atoms. The first-order valence-corrected chi connectivity index (χ1v) is 10.3. The zero-order chi connectivity index (χ0) is 18.6. The fourth-order valence-electron chi connectivity index (χ4n) is 4.13. The summed E-state index contributed by atoms with van der Waals surface area (Å²) >= 11 is 0. The first kappa shape index (κ1) is 20.9. The summed E-state index contributed by atoms with van der Waals surface area (Å²) in [5, 5.41) is 0. The lowest BCUT2D eigenvalue weighted by Crippen LogP contribution is -2.49. The van der Waals surface area contributed by atoms with Gasteiger partial charge in [-0.3, -0.25) is 4.79 Å². The van der Waals surface area contributed by atoms with Crippen molar-refractivity contribution in [1.29, 1.82) is 0 Å². The van der Waals surface area contributed by atoms with E-state index in [0.717, 1.165) is 24.4 Å². The molecule has 1 saturated carbocycles. The van der Waals surface area contributed by atoms with Gasteiger partial charge in [0.15, 0.2) is 0 Å². The van der Waals surface area contributed by atoms with Crippen molar-refractivity contribution in [3.63, 3.8) is 0 Å². The minimum Gasteiger partial charge on any atom is -0.341 e. The summed E-state index contributed by atoms with van der Waals surface area (Å²) in [7, 11) is 1.99. The quantitative estimate of drug-likeness (QED) is 0.707. The predicted octanol–water partition coefficient (Wildman–Crippen LogP) is 4.65. The molecule has 4 rings (SSSR count). The van der Waals surface area contributed by atoms with Gasteiger partial charge in [0.25, 0.3) is 0 Å². The summed E-state index contributed by atoms with van der Waals surface area (Å²) in [5.74, 6) is 1.16. The topological polar surface area (TPSA) is 23.6 Å². The molecule has 0 N–H and O–H groups in total. The monoisotopic (exact) mass is 398 g/mol. The molecule has 28 heavy (non-hydrogen) atoms. The summed E-state index contributed by atoms with van der Waals surface area (Å²) in [4.78, 5) is 17.4. The van der Waals surface area contributed by atoms with Crippen LogP contribution in [0.4, 0.5) is 0 Å². The first-order chi connectivity index (χ1) is 13.2. The maximum Gasteiger partial charge on any atom is 0.227 e. The number of hydrogen-bond donors (Lipinski definition) is 0. The Balaban J connectivity index is 0.00000225. The molecule has 1 aliphatic carbocycles. The number of carbonyl (C=O) groups is 1. The van der Waals surface area contributed by atoms with Crippen LogP contribution >= 0.6 is 12.4 Å². The van der Waals surface area contributed by atoms with E-state index in [0.29, 0.717) is 12.5 Å². The highest BCUT2D eigenvalue weighted by molar-refractivity contribution is 5.85. The van der Waals surface area contributed by atoms with Gasteiger partial charge in [-0.15, -0.1) is 12.4 Å². The van der Waals surface area contributed by atoms with Crippen molar-refractivity contribution < 1.29 is 4.79 Å². The zero-order valence-electron chi connectivity index (χ0n) is 16.7. The molecule has 4 heteroatoms. The second-order valence-electron chi connectivity index (χ2n) is 8.24. The Morgan fingerprint density at radius 1 is 1.00 bits per heavy atom. The minimum absolute atomic E-state index is 0. The van der Waals surface area contributed by atoms with E-state index in [1.54, 1.807) is 0 Å². The second kappa shape index (κ2) is 9.58. The maximum absolute atomic E-state index is 12.8. The highest BCUT2D eigenvalue weighted by Gasteiger charge is 2.30. The van der Waals surface area contributed by atoms with Crippen molar-refractivity contribution in [2.24, 2.45) is 5.92 Å². The standard InChI is InChI=1S/C24H30N2O.ClH/c1-25(23-8-5-15-26(18-23)17-20-9-10-20)24(27)16-19-11-13-22(14-12-19)21-6-3-2-4-7-21;/h2-4,6-7,11-14,20,23H,5,8-10,15-18H2,1H3;1H. The molecule has 1 amide bonds. The molecule has 2 aliphatic rings. The molecule has 1 heterocycles. The Bertz CT molecular complexity index is 758. The molecular formula is C24H31ClN2O. The number of nitrogens with zero attached hydrogens (tertiary/aromatic N) is 2. The van der Waals surface area contributed by atoms with Crippen LogP contribution in [0.3, 0.4) is 0 Å². The third kappa shape index (κ3) is 5.36. The molecule has 0 aromatic heterocycles. The van der Waals surface area contributed by atoms with Crippen LogP contribution in [0.2, 0.25) is 0 Å². The molecule has 1 atom stereocenters. The fourth-order valence-corrected chi connectivity index (χ4v) is 4.13. The molecule has 1 unspecified atom stereocenters. The van der Waals surface area contributed by atoms with Crippen molar-refractivity contribution >= 4 is 18.3 Å². The van der Waals surface area contributed by atoms with E-state index in [-0.39, 0.29) is 18.3 Å². The number of benzene rings is 2. The lowest BCUT2D eigenvalue weighted by atomic mass is 10.0. The van der Waals surface area contributed by atoms with Gasteiger partial charge < -0.3 is 9.80 Å². The smallest absolute Gasteiger partial charge is 0.227 e. The van der Waals surface area contributed by atoms with Crippen LogP contribution in [-0.4, -0.2) is 48.4 Å². The number of likely N-dealkylation sites (N-methyl/N-ethyl adjacent to an activating group) is 1. The molecular weight excluding hydrogens is 368 g/mol. The normalized spacial score (nSPS) is 19.7. The predicted molar refractivity (Wildman–Crippen MR) is 118 cm³/mol. The molecule has 0 radical (unpaired) electrons. The molecule has 2 aromatic rings. The van der Waals surface area contributed by atoms with E-state index < -0.39 is 0 Å². The van der Waals surface area contributed by atoms with Gasteiger partial charge >= 0.3 is 0 Å². The number of amides is 1. The van der Waals surface area contributed by atoms with Gasteiger partial charge in [0, 0.05) is 26.2 Å². The Hall–Kier alpha value is -1.84. The molecule has 3 nitrogen and oxygen atoms in total. The van der Waals surface area contributed by atoms with Crippen LogP contribution in [0.15, 0.2) is 54.6 Å². The highest BCUT2D eigenvalue weighted by atomic mass is 35.5. The average Bonchev–Trinajstić information content (AvgIpc) is 3.53. The van der Waals surface area contributed by atoms with E-state index in [4.69, 9.17) is 0 Å². The Morgan fingerprint density at radius 3 is 2.36 bits per heavy atom. The molecule has 1 saturated heterocycles. The van der Waals surface area contributed by atoms with E-state index in [2.05, 4.69) is 53.4 Å². The second-order valence-corrected chi connectivity index (χ2v) is 8.24. The van der Waals surface area contributed by atoms with Gasteiger partial charge in [-0.25, -0.2) is 0 Å². The van der Waals surface area contributed by atoms with Crippen LogP contribution in [0, 0.1) is 5.92 Å². The summed E-state index contributed by atoms with van der Waals surface area (Å²) in [6, 6.07) is 19.2. The Morgan fingerprint density at radius 2 is 1.68 bits per heavy atom. The lowest BCUT2D eigenvalue weighted by molar-refractivity contribution is -0.132. The van der Waals surface area contributed by atoms with Crippen LogP contribution in [0.1, 0.15) is 31.2 Å². The number of halogens is 1. The summed E-state index contributed by atoms with van der Waals surface area (Å²) in [6.07, 6.45) is 5.63. The number of carbonyl (C=O) groups excluding carboxylic acids is 1. The number of likely N-dealkylation sites (tertiary alicyclic amines) is 1. The molecule has 1 aliphatic heterocycles. The van der Waals surface area contributed by atoms with E-state index in [1.165, 1.54) is 43.5 Å². The summed E-state index contributed by atoms with van der Waals surface area (Å²) in [5.41, 5.74) is 3.51. The van der Waals surface area contributed by atoms with Crippen molar-refractivity contribution in [3.8, 4) is 11.1 Å². The van der Waals surface area contributed by atoms with Crippen LogP contribution in [-0.2, 0) is 11.2 Å². The van der Waals surface area contributed by atoms with Crippen molar-refractivity contribution in [3.05, 3.63) is 60.2 Å². The molecule has 0 spiro atoms. The maximum atomic E-state index is 12.8. The zero-order valence-corrected chi connectivity index (χ0v) is 17.5. The Kier molecular flexibility index (Phi) is 7.14. The molecule has 2 aromatic carbocycles. The number of rotatable bonds is 6. The van der Waals surface area contributed by atoms with E-state index in [1.807, 2.05) is 18.0 Å². The van der Waals surface area contributed by atoms with Crippen molar-refractivity contribution in [1.82, 2.24) is 9.80 Å². The largest absolute Gasteiger partial charge is 0.341 e. The summed E-state index contributed by atoms with van der Waals surface area (Å²) < 4.78 is 0. The molecule has 150 valence electrons. The first-order valence-electron chi connectivity index (χ1n) is 10.3. The van der Waals surface area contributed by atoms with Gasteiger partial charge in [-0.2, -0.15) is 0 Å². The van der Waals surface area contributed by atoms with Gasteiger partial charge in [0.2, 0.25) is 5.91 Å². The van der Waals surface area contributed by atoms with Gasteiger partial charge in [0.05, 0.1) is 6.42 Å². The third-order valence-electron chi connectivity index (χ3n) is 6.05. The van der Waals surface area contributed by atoms with E-state index in [9.17, 15) is 4.79 Å². The van der Waals surface area contributed by atoms with Gasteiger partial charge in [-0.05, 0) is 54.8 Å². The van der Waals surface area contributed by atoms with Crippen molar-refractivity contribution in [2.75, 3.05) is 26.7 Å². The van der Waals surface area contributed by atoms with Crippen molar-refractivity contribution in [2.45, 2.75) is 38.1 Å². The number of hydrogen-bond acceptors (Lipinski definition) is 2. The third-order valence-corrected chi connectivity index (χ3v) is 6.05. The van der Waals surface area contributed by atoms with Crippen LogP contribution in [0.5, 0.6) is 0 Å². The van der Waals surface area contributed by atoms with Gasteiger partial charge in [-0.1, -0.05) is 54.6 Å². The SMILES string of the molecule is CN(C(=O)Cc1ccc(-c2ccccc2)cc1)C1CCCN(CC2CC2)C1.Cl. The lowest BCUT2D eigenvalue weighted by Gasteiger charge is -2.37. The average molecular weight is 399 g/mol.